The Morgan fingerprint density at radius 1 is 0.958 bits per heavy atom. The summed E-state index contributed by atoms with van der Waals surface area (Å²) in [5, 5.41) is 5.47. The molecule has 0 unspecified atom stereocenters. The van der Waals surface area contributed by atoms with E-state index in [2.05, 4.69) is 10.6 Å². The lowest BCUT2D eigenvalue weighted by molar-refractivity contribution is -0.131. The summed E-state index contributed by atoms with van der Waals surface area (Å²) in [6.07, 6.45) is 0.400. The molecule has 0 saturated carbocycles. The van der Waals surface area contributed by atoms with Gasteiger partial charge < -0.3 is 15.4 Å². The Bertz CT molecular complexity index is 754. The number of benzene rings is 2. The zero-order chi connectivity index (χ0) is 17.5. The fourth-order valence-corrected chi connectivity index (χ4v) is 1.96. The van der Waals surface area contributed by atoms with Gasteiger partial charge in [0.1, 0.15) is 5.75 Å². The molecule has 0 radical (unpaired) electrons. The van der Waals surface area contributed by atoms with Crippen LogP contribution in [0.5, 0.6) is 5.75 Å². The van der Waals surface area contributed by atoms with Crippen molar-refractivity contribution in [2.45, 2.75) is 20.3 Å². The first-order chi connectivity index (χ1) is 11.5. The number of carbonyl (C=O) groups is 3. The van der Waals surface area contributed by atoms with Gasteiger partial charge in [-0.15, -0.1) is 0 Å². The Morgan fingerprint density at radius 2 is 1.58 bits per heavy atom. The second-order valence-electron chi connectivity index (χ2n) is 5.05. The van der Waals surface area contributed by atoms with Crippen molar-refractivity contribution in [3.05, 3.63) is 54.1 Å². The smallest absolute Gasteiger partial charge is 0.308 e. The van der Waals surface area contributed by atoms with Crippen LogP contribution in [-0.2, 0) is 9.59 Å². The lowest BCUT2D eigenvalue weighted by Crippen LogP contribution is -2.13. The van der Waals surface area contributed by atoms with Crippen molar-refractivity contribution in [1.82, 2.24) is 0 Å². The van der Waals surface area contributed by atoms with Gasteiger partial charge in [-0.1, -0.05) is 13.0 Å². The number of ether oxygens (including phenoxy) is 1. The van der Waals surface area contributed by atoms with E-state index in [0.717, 1.165) is 0 Å². The number of anilines is 2. The van der Waals surface area contributed by atoms with Crippen LogP contribution in [0.1, 0.15) is 30.6 Å². The lowest BCUT2D eigenvalue weighted by atomic mass is 10.2. The van der Waals surface area contributed by atoms with Crippen LogP contribution >= 0.6 is 0 Å². The Kier molecular flexibility index (Phi) is 5.68. The molecule has 0 aliphatic carbocycles. The summed E-state index contributed by atoms with van der Waals surface area (Å²) < 4.78 is 4.96. The molecule has 0 aliphatic rings. The van der Waals surface area contributed by atoms with E-state index in [1.807, 2.05) is 0 Å². The highest BCUT2D eigenvalue weighted by molar-refractivity contribution is 6.04. The van der Waals surface area contributed by atoms with E-state index in [1.165, 1.54) is 13.0 Å². The first kappa shape index (κ1) is 17.2. The Balaban J connectivity index is 2.04. The molecule has 0 spiro atoms. The maximum Gasteiger partial charge on any atom is 0.308 e. The van der Waals surface area contributed by atoms with Crippen LogP contribution < -0.4 is 15.4 Å². The zero-order valence-corrected chi connectivity index (χ0v) is 13.5. The highest BCUT2D eigenvalue weighted by Gasteiger charge is 2.08. The third-order valence-electron chi connectivity index (χ3n) is 3.11. The Morgan fingerprint density at radius 3 is 2.17 bits per heavy atom. The van der Waals surface area contributed by atoms with Gasteiger partial charge in [-0.25, -0.2) is 0 Å². The van der Waals surface area contributed by atoms with E-state index in [0.29, 0.717) is 29.1 Å². The summed E-state index contributed by atoms with van der Waals surface area (Å²) in [5.41, 5.74) is 1.63. The number of carbonyl (C=O) groups excluding carboxylic acids is 3. The molecule has 124 valence electrons. The van der Waals surface area contributed by atoms with Gasteiger partial charge in [0.2, 0.25) is 5.91 Å². The standard InChI is InChI=1S/C18H18N2O4/c1-3-17(22)19-14-7-9-15(10-8-14)20-18(23)13-5-4-6-16(11-13)24-12(2)21/h4-11H,3H2,1-2H3,(H,19,22)(H,20,23). The normalized spacial score (nSPS) is 9.92. The molecule has 0 fully saturated rings. The highest BCUT2D eigenvalue weighted by Crippen LogP contribution is 2.17. The van der Waals surface area contributed by atoms with Crippen LogP contribution in [0.25, 0.3) is 0 Å². The SMILES string of the molecule is CCC(=O)Nc1ccc(NC(=O)c2cccc(OC(C)=O)c2)cc1. The second-order valence-corrected chi connectivity index (χ2v) is 5.05. The summed E-state index contributed by atoms with van der Waals surface area (Å²) in [6.45, 7) is 3.07. The fourth-order valence-electron chi connectivity index (χ4n) is 1.96. The van der Waals surface area contributed by atoms with Crippen LogP contribution in [0.15, 0.2) is 48.5 Å². The molecule has 0 aromatic heterocycles. The number of hydrogen-bond donors (Lipinski definition) is 2. The Labute approximate surface area is 139 Å². The van der Waals surface area contributed by atoms with Gasteiger partial charge >= 0.3 is 5.97 Å². The average molecular weight is 326 g/mol. The third-order valence-corrected chi connectivity index (χ3v) is 3.11. The van der Waals surface area contributed by atoms with Gasteiger partial charge in [-0.05, 0) is 42.5 Å². The molecule has 0 heterocycles. The van der Waals surface area contributed by atoms with Gasteiger partial charge in [-0.3, -0.25) is 14.4 Å². The molecular formula is C18H18N2O4. The molecule has 2 aromatic rings. The number of rotatable bonds is 5. The zero-order valence-electron chi connectivity index (χ0n) is 13.5. The molecule has 6 nitrogen and oxygen atoms in total. The van der Waals surface area contributed by atoms with Gasteiger partial charge in [0.15, 0.2) is 0 Å². The number of hydrogen-bond acceptors (Lipinski definition) is 4. The second kappa shape index (κ2) is 7.92. The van der Waals surface area contributed by atoms with Crippen LogP contribution in [0.4, 0.5) is 11.4 Å². The quantitative estimate of drug-likeness (QED) is 0.653. The van der Waals surface area contributed by atoms with Crippen molar-refractivity contribution in [3.63, 3.8) is 0 Å². The van der Waals surface area contributed by atoms with Crippen molar-refractivity contribution in [3.8, 4) is 5.75 Å². The van der Waals surface area contributed by atoms with Crippen LogP contribution in [0.2, 0.25) is 0 Å². The largest absolute Gasteiger partial charge is 0.427 e. The summed E-state index contributed by atoms with van der Waals surface area (Å²) in [4.78, 5) is 34.5. The predicted octanol–water partition coefficient (Wildman–Crippen LogP) is 3.21. The first-order valence-corrected chi connectivity index (χ1v) is 7.47. The van der Waals surface area contributed by atoms with Crippen molar-refractivity contribution in [1.29, 1.82) is 0 Å². The first-order valence-electron chi connectivity index (χ1n) is 7.47. The molecule has 0 atom stereocenters. The average Bonchev–Trinajstić information content (AvgIpc) is 2.56. The minimum absolute atomic E-state index is 0.0749. The third kappa shape index (κ3) is 4.95. The molecule has 0 saturated heterocycles. The summed E-state index contributed by atoms with van der Waals surface area (Å²) in [5.74, 6) is -0.534. The van der Waals surface area contributed by atoms with Gasteiger partial charge in [0.25, 0.3) is 5.91 Å². The maximum absolute atomic E-state index is 12.2. The maximum atomic E-state index is 12.2. The van der Waals surface area contributed by atoms with E-state index < -0.39 is 5.97 Å². The topological polar surface area (TPSA) is 84.5 Å². The molecule has 2 rings (SSSR count). The minimum atomic E-state index is -0.447. The number of amides is 2. The van der Waals surface area contributed by atoms with E-state index in [-0.39, 0.29) is 11.8 Å². The van der Waals surface area contributed by atoms with Crippen LogP contribution in [0.3, 0.4) is 0 Å². The molecular weight excluding hydrogens is 308 g/mol. The number of esters is 1. The Hall–Kier alpha value is -3.15. The van der Waals surface area contributed by atoms with E-state index in [4.69, 9.17) is 4.74 Å². The molecule has 0 bridgehead atoms. The summed E-state index contributed by atoms with van der Waals surface area (Å²) >= 11 is 0. The molecule has 2 amide bonds. The van der Waals surface area contributed by atoms with Crippen molar-refractivity contribution < 1.29 is 19.1 Å². The fraction of sp³-hybridized carbons (Fsp3) is 0.167. The summed E-state index contributed by atoms with van der Waals surface area (Å²) in [7, 11) is 0. The monoisotopic (exact) mass is 326 g/mol. The lowest BCUT2D eigenvalue weighted by Gasteiger charge is -2.08. The van der Waals surface area contributed by atoms with Crippen molar-refractivity contribution in [2.24, 2.45) is 0 Å². The minimum Gasteiger partial charge on any atom is -0.427 e. The number of nitrogens with one attached hydrogen (secondary N) is 2. The molecule has 0 aliphatic heterocycles. The summed E-state index contributed by atoms with van der Waals surface area (Å²) in [6, 6.07) is 13.2. The van der Waals surface area contributed by atoms with E-state index in [1.54, 1.807) is 49.4 Å². The van der Waals surface area contributed by atoms with Crippen LogP contribution in [0, 0.1) is 0 Å². The van der Waals surface area contributed by atoms with Gasteiger partial charge in [-0.2, -0.15) is 0 Å². The van der Waals surface area contributed by atoms with Crippen LogP contribution in [-0.4, -0.2) is 17.8 Å². The van der Waals surface area contributed by atoms with E-state index in [9.17, 15) is 14.4 Å². The molecule has 2 N–H and O–H groups in total. The van der Waals surface area contributed by atoms with Gasteiger partial charge in [0, 0.05) is 30.3 Å². The van der Waals surface area contributed by atoms with Crippen molar-refractivity contribution >= 4 is 29.2 Å². The molecule has 2 aromatic carbocycles. The van der Waals surface area contributed by atoms with Gasteiger partial charge in [0.05, 0.1) is 0 Å². The predicted molar refractivity (Wildman–Crippen MR) is 91.1 cm³/mol. The molecule has 6 heteroatoms. The van der Waals surface area contributed by atoms with Crippen molar-refractivity contribution in [2.75, 3.05) is 10.6 Å². The molecule has 24 heavy (non-hydrogen) atoms. The highest BCUT2D eigenvalue weighted by atomic mass is 16.5. The van der Waals surface area contributed by atoms with E-state index >= 15 is 0 Å².